The first-order chi connectivity index (χ1) is 11.6. The number of hydrogen-bond acceptors (Lipinski definition) is 2. The van der Waals surface area contributed by atoms with Crippen molar-refractivity contribution in [1.82, 2.24) is 15.5 Å². The van der Waals surface area contributed by atoms with E-state index in [0.29, 0.717) is 12.1 Å². The first kappa shape index (κ1) is 22.2. The fraction of sp³-hybridized carbons (Fsp3) is 0.650. The molecule has 0 radical (unpaired) electrons. The zero-order valence-electron chi connectivity index (χ0n) is 16.2. The van der Waals surface area contributed by atoms with Crippen molar-refractivity contribution in [3.05, 3.63) is 35.4 Å². The normalized spacial score (nSPS) is 16.6. The Morgan fingerprint density at radius 1 is 1.16 bits per heavy atom. The van der Waals surface area contributed by atoms with Gasteiger partial charge >= 0.3 is 0 Å². The zero-order chi connectivity index (χ0) is 17.4. The average molecular weight is 458 g/mol. The smallest absolute Gasteiger partial charge is 0.191 e. The monoisotopic (exact) mass is 458 g/mol. The third-order valence-electron chi connectivity index (χ3n) is 4.96. The summed E-state index contributed by atoms with van der Waals surface area (Å²) in [6.07, 6.45) is 4.51. The molecule has 1 heterocycles. The molecular weight excluding hydrogens is 423 g/mol. The third-order valence-corrected chi connectivity index (χ3v) is 4.96. The van der Waals surface area contributed by atoms with Gasteiger partial charge in [-0.05, 0) is 50.7 Å². The maximum Gasteiger partial charge on any atom is 0.191 e. The summed E-state index contributed by atoms with van der Waals surface area (Å²) in [5.41, 5.74) is 2.78. The Kier molecular flexibility index (Phi) is 10.4. The van der Waals surface area contributed by atoms with Crippen LogP contribution in [0.15, 0.2) is 29.3 Å². The summed E-state index contributed by atoms with van der Waals surface area (Å²) in [6.45, 7) is 10.0. The molecule has 1 aromatic rings. The van der Waals surface area contributed by atoms with E-state index < -0.39 is 0 Å². The van der Waals surface area contributed by atoms with Gasteiger partial charge < -0.3 is 15.5 Å². The Hall–Kier alpha value is -0.820. The number of guanidine groups is 1. The van der Waals surface area contributed by atoms with Crippen LogP contribution in [-0.2, 0) is 12.8 Å². The number of halogens is 1. The fourth-order valence-electron chi connectivity index (χ4n) is 3.22. The Morgan fingerprint density at radius 2 is 1.76 bits per heavy atom. The Morgan fingerprint density at radius 3 is 2.28 bits per heavy atom. The van der Waals surface area contributed by atoms with E-state index in [1.165, 1.54) is 37.1 Å². The van der Waals surface area contributed by atoms with E-state index in [1.54, 1.807) is 0 Å². The van der Waals surface area contributed by atoms with E-state index in [9.17, 15) is 0 Å². The van der Waals surface area contributed by atoms with E-state index in [1.807, 2.05) is 7.05 Å². The van der Waals surface area contributed by atoms with Crippen LogP contribution in [0.3, 0.4) is 0 Å². The van der Waals surface area contributed by atoms with Crippen molar-refractivity contribution in [1.29, 1.82) is 0 Å². The van der Waals surface area contributed by atoms with Gasteiger partial charge in [0.15, 0.2) is 5.96 Å². The van der Waals surface area contributed by atoms with Crippen LogP contribution in [0.25, 0.3) is 0 Å². The molecule has 142 valence electrons. The Balaban J connectivity index is 0.00000312. The number of nitrogens with one attached hydrogen (secondary N) is 2. The second-order valence-electron chi connectivity index (χ2n) is 6.97. The van der Waals surface area contributed by atoms with Crippen molar-refractivity contribution in [2.24, 2.45) is 4.99 Å². The maximum atomic E-state index is 4.38. The second-order valence-corrected chi connectivity index (χ2v) is 6.97. The van der Waals surface area contributed by atoms with Crippen molar-refractivity contribution in [2.45, 2.75) is 58.5 Å². The molecule has 0 bridgehead atoms. The zero-order valence-corrected chi connectivity index (χ0v) is 18.5. The minimum Gasteiger partial charge on any atom is -0.356 e. The quantitative estimate of drug-likeness (QED) is 0.390. The van der Waals surface area contributed by atoms with Crippen LogP contribution < -0.4 is 10.6 Å². The van der Waals surface area contributed by atoms with Crippen molar-refractivity contribution >= 4 is 29.9 Å². The van der Waals surface area contributed by atoms with Gasteiger partial charge in [-0.2, -0.15) is 0 Å². The van der Waals surface area contributed by atoms with Crippen molar-refractivity contribution < 1.29 is 0 Å². The van der Waals surface area contributed by atoms with Gasteiger partial charge in [0.2, 0.25) is 0 Å². The molecule has 2 rings (SSSR count). The number of aliphatic imine (C=N–C) groups is 1. The van der Waals surface area contributed by atoms with Gasteiger partial charge in [0, 0.05) is 38.8 Å². The summed E-state index contributed by atoms with van der Waals surface area (Å²) in [5, 5.41) is 7.03. The molecule has 1 aliphatic rings. The SMILES string of the molecule is CCc1ccc(CCNC(=NC)NC2CCN(C(C)C)CC2)cc1.I. The van der Waals surface area contributed by atoms with E-state index >= 15 is 0 Å². The van der Waals surface area contributed by atoms with Gasteiger partial charge in [-0.3, -0.25) is 4.99 Å². The largest absolute Gasteiger partial charge is 0.356 e. The molecule has 0 aromatic heterocycles. The number of benzene rings is 1. The van der Waals surface area contributed by atoms with Gasteiger partial charge in [-0.1, -0.05) is 31.2 Å². The first-order valence-electron chi connectivity index (χ1n) is 9.41. The number of nitrogens with zero attached hydrogens (tertiary/aromatic N) is 2. The lowest BCUT2D eigenvalue weighted by Gasteiger charge is -2.35. The molecule has 0 atom stereocenters. The highest BCUT2D eigenvalue weighted by Gasteiger charge is 2.21. The van der Waals surface area contributed by atoms with Gasteiger partial charge in [-0.25, -0.2) is 0 Å². The Bertz CT molecular complexity index is 505. The van der Waals surface area contributed by atoms with Crippen LogP contribution in [0.5, 0.6) is 0 Å². The summed E-state index contributed by atoms with van der Waals surface area (Å²) in [7, 11) is 1.86. The van der Waals surface area contributed by atoms with E-state index in [4.69, 9.17) is 0 Å². The molecule has 1 aliphatic heterocycles. The molecule has 5 heteroatoms. The Labute approximate surface area is 170 Å². The highest BCUT2D eigenvalue weighted by Crippen LogP contribution is 2.12. The predicted molar refractivity (Wildman–Crippen MR) is 119 cm³/mol. The third kappa shape index (κ3) is 7.52. The molecule has 0 aliphatic carbocycles. The average Bonchev–Trinajstić information content (AvgIpc) is 2.61. The number of likely N-dealkylation sites (tertiary alicyclic amines) is 1. The van der Waals surface area contributed by atoms with Crippen molar-refractivity contribution in [2.75, 3.05) is 26.7 Å². The lowest BCUT2D eigenvalue weighted by molar-refractivity contribution is 0.167. The molecule has 0 amide bonds. The summed E-state index contributed by atoms with van der Waals surface area (Å²) in [6, 6.07) is 10.1. The topological polar surface area (TPSA) is 39.7 Å². The van der Waals surface area contributed by atoms with Crippen LogP contribution in [-0.4, -0.2) is 49.6 Å². The molecule has 2 N–H and O–H groups in total. The maximum absolute atomic E-state index is 4.38. The summed E-state index contributed by atoms with van der Waals surface area (Å²) >= 11 is 0. The van der Waals surface area contributed by atoms with Gasteiger partial charge in [0.05, 0.1) is 0 Å². The second kappa shape index (κ2) is 11.7. The van der Waals surface area contributed by atoms with Crippen LogP contribution in [0, 0.1) is 0 Å². The minimum absolute atomic E-state index is 0. The molecule has 25 heavy (non-hydrogen) atoms. The highest BCUT2D eigenvalue weighted by molar-refractivity contribution is 14.0. The lowest BCUT2D eigenvalue weighted by atomic mass is 10.0. The summed E-state index contributed by atoms with van der Waals surface area (Å²) in [5.74, 6) is 0.933. The standard InChI is InChI=1S/C20H34N4.HI/c1-5-17-6-8-18(9-7-17)10-13-22-20(21-4)23-19-11-14-24(15-12-19)16(2)3;/h6-9,16,19H,5,10-15H2,1-4H3,(H2,21,22,23);1H. The molecule has 0 unspecified atom stereocenters. The van der Waals surface area contributed by atoms with E-state index in [2.05, 4.69) is 65.6 Å². The predicted octanol–water partition coefficient (Wildman–Crippen LogP) is 3.45. The van der Waals surface area contributed by atoms with E-state index in [-0.39, 0.29) is 24.0 Å². The van der Waals surface area contributed by atoms with Gasteiger partial charge in [-0.15, -0.1) is 24.0 Å². The molecule has 4 nitrogen and oxygen atoms in total. The number of hydrogen-bond donors (Lipinski definition) is 2. The van der Waals surface area contributed by atoms with Crippen LogP contribution in [0.4, 0.5) is 0 Å². The lowest BCUT2D eigenvalue weighted by Crippen LogP contribution is -2.50. The fourth-order valence-corrected chi connectivity index (χ4v) is 3.22. The van der Waals surface area contributed by atoms with Crippen LogP contribution >= 0.6 is 24.0 Å². The number of piperidine rings is 1. The molecule has 1 saturated heterocycles. The first-order valence-corrected chi connectivity index (χ1v) is 9.41. The van der Waals surface area contributed by atoms with Gasteiger partial charge in [0.1, 0.15) is 0 Å². The minimum atomic E-state index is 0. The molecular formula is C20H35IN4. The van der Waals surface area contributed by atoms with Crippen molar-refractivity contribution in [3.8, 4) is 0 Å². The number of rotatable bonds is 6. The molecule has 0 spiro atoms. The van der Waals surface area contributed by atoms with Gasteiger partial charge in [0.25, 0.3) is 0 Å². The molecule has 0 saturated carbocycles. The molecule has 1 fully saturated rings. The van der Waals surface area contributed by atoms with Crippen LogP contribution in [0.1, 0.15) is 44.7 Å². The van der Waals surface area contributed by atoms with Crippen LogP contribution in [0.2, 0.25) is 0 Å². The number of aryl methyl sites for hydroxylation is 1. The summed E-state index contributed by atoms with van der Waals surface area (Å²) < 4.78 is 0. The highest BCUT2D eigenvalue weighted by atomic mass is 127. The van der Waals surface area contributed by atoms with Crippen molar-refractivity contribution in [3.63, 3.8) is 0 Å². The summed E-state index contributed by atoms with van der Waals surface area (Å²) in [4.78, 5) is 6.93. The van der Waals surface area contributed by atoms with E-state index in [0.717, 1.165) is 25.3 Å². The molecule has 1 aromatic carbocycles.